The lowest BCUT2D eigenvalue weighted by atomic mass is 9.90. The summed E-state index contributed by atoms with van der Waals surface area (Å²) in [5.74, 6) is -2.07. The highest BCUT2D eigenvalue weighted by atomic mass is 16.5. The largest absolute Gasteiger partial charge is 0.481 e. The maximum atomic E-state index is 13.1. The quantitative estimate of drug-likeness (QED) is 0.650. The van der Waals surface area contributed by atoms with Crippen LogP contribution in [0.1, 0.15) is 30.9 Å². The summed E-state index contributed by atoms with van der Waals surface area (Å²) in [6.07, 6.45) is -0.599. The van der Waals surface area contributed by atoms with Crippen molar-refractivity contribution in [2.24, 2.45) is 11.3 Å². The molecule has 2 amide bonds. The van der Waals surface area contributed by atoms with Gasteiger partial charge in [0.25, 0.3) is 0 Å². The van der Waals surface area contributed by atoms with Gasteiger partial charge in [0.2, 0.25) is 5.91 Å². The topological polar surface area (TPSA) is 105 Å². The summed E-state index contributed by atoms with van der Waals surface area (Å²) >= 11 is 0. The van der Waals surface area contributed by atoms with E-state index in [0.717, 1.165) is 22.3 Å². The summed E-state index contributed by atoms with van der Waals surface area (Å²) in [4.78, 5) is 38.4. The molecule has 4 rings (SSSR count). The molecule has 1 aliphatic carbocycles. The molecule has 8 heteroatoms. The molecular formula is C26H30N2O6. The second-order valence-electron chi connectivity index (χ2n) is 9.53. The predicted octanol–water partition coefficient (Wildman–Crippen LogP) is 3.11. The van der Waals surface area contributed by atoms with Gasteiger partial charge in [0.1, 0.15) is 12.5 Å². The van der Waals surface area contributed by atoms with Gasteiger partial charge >= 0.3 is 12.1 Å². The standard InChI is InChI=1S/C26H30N2O6/c1-26(2,24(31)28(3)22-14-33-12-21(22)23(29)30)15-27-25(32)34-13-20-18-10-6-4-8-16(18)17-9-5-7-11-19(17)20/h4-11,20-22H,12-15H2,1-3H3,(H,27,32)(H,29,30). The van der Waals surface area contributed by atoms with Gasteiger partial charge in [-0.1, -0.05) is 48.5 Å². The number of carbonyl (C=O) groups excluding carboxylic acids is 2. The molecule has 1 aliphatic heterocycles. The van der Waals surface area contributed by atoms with E-state index in [9.17, 15) is 19.5 Å². The molecule has 180 valence electrons. The number of carboxylic acids is 1. The summed E-state index contributed by atoms with van der Waals surface area (Å²) in [6, 6.07) is 15.7. The number of aliphatic carboxylic acids is 1. The Kier molecular flexibility index (Phi) is 6.61. The summed E-state index contributed by atoms with van der Waals surface area (Å²) in [5.41, 5.74) is 3.60. The fraction of sp³-hybridized carbons (Fsp3) is 0.423. The van der Waals surface area contributed by atoms with E-state index in [1.165, 1.54) is 4.90 Å². The number of rotatable bonds is 7. The van der Waals surface area contributed by atoms with Crippen molar-refractivity contribution >= 4 is 18.0 Å². The number of hydrogen-bond donors (Lipinski definition) is 2. The average Bonchev–Trinajstić information content (AvgIpc) is 3.44. The lowest BCUT2D eigenvalue weighted by Crippen LogP contribution is -2.51. The minimum atomic E-state index is -0.989. The molecule has 2 N–H and O–H groups in total. The third-order valence-electron chi connectivity index (χ3n) is 6.78. The van der Waals surface area contributed by atoms with Gasteiger partial charge in [-0.05, 0) is 36.1 Å². The first-order chi connectivity index (χ1) is 16.2. The van der Waals surface area contributed by atoms with Crippen LogP contribution in [0.25, 0.3) is 11.1 Å². The van der Waals surface area contributed by atoms with E-state index < -0.39 is 29.4 Å². The van der Waals surface area contributed by atoms with E-state index in [-0.39, 0.29) is 38.2 Å². The number of likely N-dealkylation sites (N-methyl/N-ethyl adjacent to an activating group) is 1. The Morgan fingerprint density at radius 3 is 2.24 bits per heavy atom. The van der Waals surface area contributed by atoms with Gasteiger partial charge in [0.15, 0.2) is 0 Å². The summed E-state index contributed by atoms with van der Waals surface area (Å²) in [7, 11) is 1.58. The lowest BCUT2D eigenvalue weighted by molar-refractivity contribution is -0.147. The number of ether oxygens (including phenoxy) is 2. The highest BCUT2D eigenvalue weighted by molar-refractivity contribution is 5.84. The molecule has 0 saturated carbocycles. The van der Waals surface area contributed by atoms with Crippen LogP contribution < -0.4 is 5.32 Å². The Morgan fingerprint density at radius 2 is 1.65 bits per heavy atom. The van der Waals surface area contributed by atoms with Crippen molar-refractivity contribution in [3.63, 3.8) is 0 Å². The molecule has 1 saturated heterocycles. The Hall–Kier alpha value is -3.39. The van der Waals surface area contributed by atoms with Crippen molar-refractivity contribution in [2.75, 3.05) is 33.4 Å². The smallest absolute Gasteiger partial charge is 0.407 e. The van der Waals surface area contributed by atoms with Crippen LogP contribution in [0.3, 0.4) is 0 Å². The first kappa shape index (κ1) is 23.8. The van der Waals surface area contributed by atoms with E-state index in [4.69, 9.17) is 9.47 Å². The van der Waals surface area contributed by atoms with E-state index in [0.29, 0.717) is 0 Å². The highest BCUT2D eigenvalue weighted by Gasteiger charge is 2.42. The Bertz CT molecular complexity index is 1050. The maximum Gasteiger partial charge on any atom is 0.407 e. The van der Waals surface area contributed by atoms with E-state index in [1.807, 2.05) is 24.3 Å². The van der Waals surface area contributed by atoms with Crippen LogP contribution >= 0.6 is 0 Å². The first-order valence-electron chi connectivity index (χ1n) is 11.4. The number of amides is 2. The molecule has 2 atom stereocenters. The summed E-state index contributed by atoms with van der Waals surface area (Å²) in [5, 5.41) is 12.1. The number of hydrogen-bond acceptors (Lipinski definition) is 5. The summed E-state index contributed by atoms with van der Waals surface area (Å²) in [6.45, 7) is 3.92. The molecular weight excluding hydrogens is 436 g/mol. The first-order valence-corrected chi connectivity index (χ1v) is 11.4. The Morgan fingerprint density at radius 1 is 1.06 bits per heavy atom. The zero-order chi connectivity index (χ0) is 24.5. The van der Waals surface area contributed by atoms with Crippen molar-refractivity contribution in [3.05, 3.63) is 59.7 Å². The van der Waals surface area contributed by atoms with Crippen LogP contribution in [0.5, 0.6) is 0 Å². The molecule has 1 fully saturated rings. The number of alkyl carbamates (subject to hydrolysis) is 1. The molecule has 2 unspecified atom stereocenters. The van der Waals surface area contributed by atoms with Crippen molar-refractivity contribution in [3.8, 4) is 11.1 Å². The molecule has 0 spiro atoms. The second-order valence-corrected chi connectivity index (χ2v) is 9.53. The van der Waals surface area contributed by atoms with Gasteiger partial charge in [-0.3, -0.25) is 9.59 Å². The molecule has 2 aliphatic rings. The predicted molar refractivity (Wildman–Crippen MR) is 125 cm³/mol. The molecule has 0 bridgehead atoms. The van der Waals surface area contributed by atoms with Gasteiger partial charge < -0.3 is 24.8 Å². The fourth-order valence-corrected chi connectivity index (χ4v) is 4.81. The highest BCUT2D eigenvalue weighted by Crippen LogP contribution is 2.44. The molecule has 34 heavy (non-hydrogen) atoms. The number of nitrogens with one attached hydrogen (secondary N) is 1. The molecule has 2 aromatic carbocycles. The van der Waals surface area contributed by atoms with Crippen LogP contribution in [0.2, 0.25) is 0 Å². The molecule has 0 aromatic heterocycles. The number of carboxylic acid groups (broad SMARTS) is 1. The third-order valence-corrected chi connectivity index (χ3v) is 6.78. The Labute approximate surface area is 198 Å². The monoisotopic (exact) mass is 466 g/mol. The van der Waals surface area contributed by atoms with Gasteiger partial charge in [-0.25, -0.2) is 4.79 Å². The minimum absolute atomic E-state index is 0.0470. The van der Waals surface area contributed by atoms with Crippen LogP contribution in [0.15, 0.2) is 48.5 Å². The van der Waals surface area contributed by atoms with E-state index in [2.05, 4.69) is 29.6 Å². The SMILES string of the molecule is CN(C(=O)C(C)(C)CNC(=O)OCC1c2ccccc2-c2ccccc21)C1COCC1C(=O)O. The number of nitrogens with zero attached hydrogens (tertiary/aromatic N) is 1. The maximum absolute atomic E-state index is 13.1. The fourth-order valence-electron chi connectivity index (χ4n) is 4.81. The number of benzene rings is 2. The molecule has 8 nitrogen and oxygen atoms in total. The van der Waals surface area contributed by atoms with Crippen LogP contribution in [0.4, 0.5) is 4.79 Å². The molecule has 2 aromatic rings. The lowest BCUT2D eigenvalue weighted by Gasteiger charge is -2.34. The number of carbonyl (C=O) groups is 3. The zero-order valence-electron chi connectivity index (χ0n) is 19.6. The minimum Gasteiger partial charge on any atom is -0.481 e. The van der Waals surface area contributed by atoms with Crippen molar-refractivity contribution in [2.45, 2.75) is 25.8 Å². The zero-order valence-corrected chi connectivity index (χ0v) is 19.6. The number of fused-ring (bicyclic) bond motifs is 3. The van der Waals surface area contributed by atoms with Gasteiger partial charge in [0.05, 0.1) is 24.7 Å². The Balaban J connectivity index is 1.34. The second kappa shape index (κ2) is 9.46. The molecule has 0 radical (unpaired) electrons. The van der Waals surface area contributed by atoms with Crippen LogP contribution in [-0.4, -0.2) is 67.4 Å². The average molecular weight is 467 g/mol. The van der Waals surface area contributed by atoms with Crippen molar-refractivity contribution in [1.82, 2.24) is 10.2 Å². The van der Waals surface area contributed by atoms with Crippen molar-refractivity contribution in [1.29, 1.82) is 0 Å². The van der Waals surface area contributed by atoms with Crippen LogP contribution in [0, 0.1) is 11.3 Å². The third kappa shape index (κ3) is 4.50. The molecule has 1 heterocycles. The summed E-state index contributed by atoms with van der Waals surface area (Å²) < 4.78 is 10.8. The van der Waals surface area contributed by atoms with Crippen molar-refractivity contribution < 1.29 is 29.0 Å². The normalized spacial score (nSPS) is 19.3. The van der Waals surface area contributed by atoms with E-state index >= 15 is 0 Å². The van der Waals surface area contributed by atoms with Gasteiger partial charge in [-0.15, -0.1) is 0 Å². The van der Waals surface area contributed by atoms with Gasteiger partial charge in [0, 0.05) is 19.5 Å². The van der Waals surface area contributed by atoms with Gasteiger partial charge in [-0.2, -0.15) is 0 Å². The van der Waals surface area contributed by atoms with Crippen LogP contribution in [-0.2, 0) is 19.1 Å². The van der Waals surface area contributed by atoms with E-state index in [1.54, 1.807) is 20.9 Å².